The van der Waals surface area contributed by atoms with Crippen LogP contribution in [0.4, 0.5) is 10.1 Å². The van der Waals surface area contributed by atoms with Gasteiger partial charge in [-0.15, -0.1) is 0 Å². The van der Waals surface area contributed by atoms with Crippen LogP contribution >= 0.6 is 0 Å². The van der Waals surface area contributed by atoms with E-state index in [4.69, 9.17) is 4.74 Å². The second kappa shape index (κ2) is 9.62. The number of nitrogens with zero attached hydrogens (tertiary/aromatic N) is 2. The van der Waals surface area contributed by atoms with Gasteiger partial charge in [-0.25, -0.2) is 4.39 Å². The first kappa shape index (κ1) is 23.2. The standard InChI is InChI=1S/C29H23FN2O4/c1-36-23-14-12-20(13-15-23)27(33)31(22-9-4-8-21(30)18-22)16-5-17-32-28(34)24-10-2-6-19-7-3-11-25(26(19)24)29(32)35/h2-4,6-15,18H,5,16-17H2,1H3. The van der Waals surface area contributed by atoms with Crippen molar-refractivity contribution in [2.75, 3.05) is 25.1 Å². The Kier molecular flexibility index (Phi) is 6.21. The molecule has 0 saturated heterocycles. The number of amides is 3. The minimum absolute atomic E-state index is 0.115. The predicted octanol–water partition coefficient (Wildman–Crippen LogP) is 5.32. The summed E-state index contributed by atoms with van der Waals surface area (Å²) >= 11 is 0. The van der Waals surface area contributed by atoms with Crippen molar-refractivity contribution in [1.82, 2.24) is 4.90 Å². The highest BCUT2D eigenvalue weighted by atomic mass is 19.1. The highest BCUT2D eigenvalue weighted by molar-refractivity contribution is 6.25. The smallest absolute Gasteiger partial charge is 0.261 e. The van der Waals surface area contributed by atoms with Gasteiger partial charge in [0.25, 0.3) is 17.7 Å². The lowest BCUT2D eigenvalue weighted by Gasteiger charge is -2.29. The molecule has 5 rings (SSSR count). The molecular weight excluding hydrogens is 459 g/mol. The number of carbonyl (C=O) groups excluding carboxylic acids is 3. The van der Waals surface area contributed by atoms with Gasteiger partial charge in [0, 0.05) is 40.9 Å². The van der Waals surface area contributed by atoms with Gasteiger partial charge in [-0.3, -0.25) is 19.3 Å². The molecular formula is C29H23FN2O4. The molecule has 0 saturated carbocycles. The molecule has 7 heteroatoms. The molecule has 0 aromatic heterocycles. The monoisotopic (exact) mass is 482 g/mol. The molecule has 3 amide bonds. The van der Waals surface area contributed by atoms with Crippen molar-refractivity contribution in [2.24, 2.45) is 0 Å². The first-order valence-electron chi connectivity index (χ1n) is 11.6. The second-order valence-corrected chi connectivity index (χ2v) is 8.49. The van der Waals surface area contributed by atoms with Crippen LogP contribution in [-0.4, -0.2) is 42.8 Å². The lowest BCUT2D eigenvalue weighted by Crippen LogP contribution is -2.42. The Morgan fingerprint density at radius 2 is 1.53 bits per heavy atom. The van der Waals surface area contributed by atoms with Gasteiger partial charge < -0.3 is 9.64 Å². The summed E-state index contributed by atoms with van der Waals surface area (Å²) in [6.07, 6.45) is 0.314. The molecule has 1 aliphatic heterocycles. The average molecular weight is 483 g/mol. The summed E-state index contributed by atoms with van der Waals surface area (Å²) in [7, 11) is 1.54. The summed E-state index contributed by atoms with van der Waals surface area (Å²) in [5, 5.41) is 1.51. The van der Waals surface area contributed by atoms with Gasteiger partial charge in [0.2, 0.25) is 0 Å². The van der Waals surface area contributed by atoms with Crippen LogP contribution in [0.25, 0.3) is 10.8 Å². The first-order chi connectivity index (χ1) is 17.5. The van der Waals surface area contributed by atoms with Crippen molar-refractivity contribution < 1.29 is 23.5 Å². The molecule has 1 aliphatic rings. The van der Waals surface area contributed by atoms with Crippen molar-refractivity contribution >= 4 is 34.2 Å². The molecule has 1 heterocycles. The number of rotatable bonds is 7. The van der Waals surface area contributed by atoms with Crippen molar-refractivity contribution in [1.29, 1.82) is 0 Å². The maximum atomic E-state index is 14.0. The zero-order valence-electron chi connectivity index (χ0n) is 19.6. The molecule has 0 spiro atoms. The van der Waals surface area contributed by atoms with E-state index in [-0.39, 0.29) is 30.8 Å². The third-order valence-electron chi connectivity index (χ3n) is 6.32. The molecule has 4 aromatic carbocycles. The van der Waals surface area contributed by atoms with E-state index in [1.165, 1.54) is 35.1 Å². The SMILES string of the molecule is COc1ccc(C(=O)N(CCCN2C(=O)c3cccc4cccc(c34)C2=O)c2cccc(F)c2)cc1. The third kappa shape index (κ3) is 4.20. The van der Waals surface area contributed by atoms with E-state index in [0.717, 1.165) is 5.39 Å². The topological polar surface area (TPSA) is 66.9 Å². The summed E-state index contributed by atoms with van der Waals surface area (Å²) in [6.45, 7) is 0.293. The van der Waals surface area contributed by atoms with Crippen molar-refractivity contribution in [2.45, 2.75) is 6.42 Å². The molecule has 0 fully saturated rings. The van der Waals surface area contributed by atoms with E-state index in [0.29, 0.717) is 39.9 Å². The Morgan fingerprint density at radius 3 is 2.14 bits per heavy atom. The molecule has 0 radical (unpaired) electrons. The van der Waals surface area contributed by atoms with Gasteiger partial charge in [-0.1, -0.05) is 30.3 Å². The van der Waals surface area contributed by atoms with E-state index >= 15 is 0 Å². The highest BCUT2D eigenvalue weighted by Crippen LogP contribution is 2.30. The zero-order valence-corrected chi connectivity index (χ0v) is 19.6. The number of halogens is 1. The molecule has 0 aliphatic carbocycles. The molecule has 0 atom stereocenters. The summed E-state index contributed by atoms with van der Waals surface area (Å²) in [5.74, 6) is -0.895. The van der Waals surface area contributed by atoms with Gasteiger partial charge in [0.15, 0.2) is 0 Å². The second-order valence-electron chi connectivity index (χ2n) is 8.49. The van der Waals surface area contributed by atoms with Crippen molar-refractivity contribution in [3.05, 3.63) is 107 Å². The fourth-order valence-corrected chi connectivity index (χ4v) is 4.55. The number of carbonyl (C=O) groups is 3. The first-order valence-corrected chi connectivity index (χ1v) is 11.6. The molecule has 0 bridgehead atoms. The van der Waals surface area contributed by atoms with E-state index in [9.17, 15) is 18.8 Å². The molecule has 0 N–H and O–H groups in total. The van der Waals surface area contributed by atoms with Crippen LogP contribution < -0.4 is 9.64 Å². The minimum atomic E-state index is -0.467. The third-order valence-corrected chi connectivity index (χ3v) is 6.32. The Morgan fingerprint density at radius 1 is 0.889 bits per heavy atom. The van der Waals surface area contributed by atoms with E-state index in [1.54, 1.807) is 54.6 Å². The van der Waals surface area contributed by atoms with Crippen LogP contribution in [0.2, 0.25) is 0 Å². The summed E-state index contributed by atoms with van der Waals surface area (Å²) in [6, 6.07) is 23.2. The normalized spacial score (nSPS) is 12.7. The lowest BCUT2D eigenvalue weighted by atomic mass is 9.94. The number of anilines is 1. The number of methoxy groups -OCH3 is 1. The van der Waals surface area contributed by atoms with Gasteiger partial charge in [-0.05, 0) is 66.4 Å². The highest BCUT2D eigenvalue weighted by Gasteiger charge is 2.32. The quantitative estimate of drug-likeness (QED) is 0.335. The zero-order chi connectivity index (χ0) is 25.2. The van der Waals surface area contributed by atoms with Gasteiger partial charge in [0.05, 0.1) is 7.11 Å². The van der Waals surface area contributed by atoms with Crippen LogP contribution in [0, 0.1) is 5.82 Å². The van der Waals surface area contributed by atoms with E-state index in [2.05, 4.69) is 0 Å². The van der Waals surface area contributed by atoms with Crippen molar-refractivity contribution in [3.63, 3.8) is 0 Å². The number of ether oxygens (including phenoxy) is 1. The fourth-order valence-electron chi connectivity index (χ4n) is 4.55. The van der Waals surface area contributed by atoms with Crippen LogP contribution in [-0.2, 0) is 0 Å². The molecule has 0 unspecified atom stereocenters. The number of benzene rings is 4. The predicted molar refractivity (Wildman–Crippen MR) is 135 cm³/mol. The number of hydrogen-bond acceptors (Lipinski definition) is 4. The van der Waals surface area contributed by atoms with Crippen LogP contribution in [0.1, 0.15) is 37.5 Å². The summed E-state index contributed by atoms with van der Waals surface area (Å²) in [5.41, 5.74) is 1.77. The Labute approximate surface area is 207 Å². The van der Waals surface area contributed by atoms with Crippen LogP contribution in [0.5, 0.6) is 5.75 Å². The molecule has 36 heavy (non-hydrogen) atoms. The Balaban J connectivity index is 1.38. The largest absolute Gasteiger partial charge is 0.497 e. The minimum Gasteiger partial charge on any atom is -0.497 e. The Hall–Kier alpha value is -4.52. The Bertz CT molecular complexity index is 1430. The number of hydrogen-bond donors (Lipinski definition) is 0. The van der Waals surface area contributed by atoms with Gasteiger partial charge >= 0.3 is 0 Å². The molecule has 6 nitrogen and oxygen atoms in total. The molecule has 4 aromatic rings. The van der Waals surface area contributed by atoms with Crippen molar-refractivity contribution in [3.8, 4) is 5.75 Å². The maximum Gasteiger partial charge on any atom is 0.261 e. The van der Waals surface area contributed by atoms with E-state index in [1.807, 2.05) is 12.1 Å². The van der Waals surface area contributed by atoms with Crippen LogP contribution in [0.3, 0.4) is 0 Å². The lowest BCUT2D eigenvalue weighted by molar-refractivity contribution is 0.0610. The summed E-state index contributed by atoms with van der Waals surface area (Å²) in [4.78, 5) is 42.4. The average Bonchev–Trinajstić information content (AvgIpc) is 2.91. The maximum absolute atomic E-state index is 14.0. The number of imide groups is 1. The summed E-state index contributed by atoms with van der Waals surface area (Å²) < 4.78 is 19.2. The fraction of sp³-hybridized carbons (Fsp3) is 0.138. The van der Waals surface area contributed by atoms with Gasteiger partial charge in [0.1, 0.15) is 11.6 Å². The van der Waals surface area contributed by atoms with Gasteiger partial charge in [-0.2, -0.15) is 0 Å². The van der Waals surface area contributed by atoms with Crippen LogP contribution in [0.15, 0.2) is 84.9 Å². The molecule has 180 valence electrons. The van der Waals surface area contributed by atoms with E-state index < -0.39 is 5.82 Å².